The number of hydrogen-bond donors (Lipinski definition) is 0. The molecule has 0 rings (SSSR count). The first-order chi connectivity index (χ1) is 4.41. The summed E-state index contributed by atoms with van der Waals surface area (Å²) in [5.74, 6) is 0. The van der Waals surface area contributed by atoms with Gasteiger partial charge in [0, 0.05) is 0 Å². The van der Waals surface area contributed by atoms with Crippen LogP contribution < -0.4 is 0 Å². The van der Waals surface area contributed by atoms with E-state index in [0.717, 1.165) is 12.8 Å². The van der Waals surface area contributed by atoms with Crippen LogP contribution in [0.2, 0.25) is 0 Å². The molecule has 0 unspecified atom stereocenters. The van der Waals surface area contributed by atoms with Crippen molar-refractivity contribution in [2.45, 2.75) is 19.8 Å². The topological polar surface area (TPSA) is 35.5 Å². The Hall–Kier alpha value is -0.570. The van der Waals surface area contributed by atoms with Gasteiger partial charge in [-0.1, -0.05) is 13.3 Å². The second-order valence-electron chi connectivity index (χ2n) is 1.61. The molecule has 0 aliphatic rings. The molecule has 0 amide bonds. The summed E-state index contributed by atoms with van der Waals surface area (Å²) >= 11 is 0. The van der Waals surface area contributed by atoms with Gasteiger partial charge in [-0.3, -0.25) is 0 Å². The van der Waals surface area contributed by atoms with Crippen LogP contribution in [0.5, 0.6) is 0 Å². The van der Waals surface area contributed by atoms with Gasteiger partial charge in [-0.25, -0.2) is 4.79 Å². The molecule has 0 fully saturated rings. The molecule has 0 saturated carbocycles. The Bertz CT molecular complexity index is 63.3. The highest BCUT2D eigenvalue weighted by Gasteiger charge is 1.84. The van der Waals surface area contributed by atoms with Gasteiger partial charge in [-0.05, 0) is 6.42 Å². The lowest BCUT2D eigenvalue weighted by Gasteiger charge is -1.98. The maximum absolute atomic E-state index is 9.41. The van der Waals surface area contributed by atoms with Crippen molar-refractivity contribution in [3.8, 4) is 0 Å². The molecule has 3 heteroatoms. The van der Waals surface area contributed by atoms with Crippen molar-refractivity contribution in [2.24, 2.45) is 0 Å². The van der Waals surface area contributed by atoms with Gasteiger partial charge in [0.15, 0.2) is 6.79 Å². The van der Waals surface area contributed by atoms with Crippen molar-refractivity contribution in [2.75, 3.05) is 13.4 Å². The Morgan fingerprint density at radius 3 is 2.89 bits per heavy atom. The number of rotatable bonds is 6. The highest BCUT2D eigenvalue weighted by atomic mass is 16.7. The smallest absolute Gasteiger partial charge is 0.419 e. The Kier molecular flexibility index (Phi) is 6.96. The molecule has 53 valence electrons. The van der Waals surface area contributed by atoms with E-state index in [1.54, 1.807) is 0 Å². The molecular weight excluding hydrogens is 120 g/mol. The minimum Gasteiger partial charge on any atom is -0.430 e. The molecule has 0 aliphatic heterocycles. The second-order valence-corrected chi connectivity index (χ2v) is 1.61. The van der Waals surface area contributed by atoms with E-state index in [-0.39, 0.29) is 6.79 Å². The van der Waals surface area contributed by atoms with Gasteiger partial charge in [0.25, 0.3) is 0 Å². The zero-order chi connectivity index (χ0) is 6.95. The van der Waals surface area contributed by atoms with Crippen molar-refractivity contribution in [3.05, 3.63) is 0 Å². The summed E-state index contributed by atoms with van der Waals surface area (Å²) in [5, 5.41) is 0. The molecule has 0 aromatic rings. The summed E-state index contributed by atoms with van der Waals surface area (Å²) in [6.45, 7) is 4.02. The Morgan fingerprint density at radius 2 is 2.33 bits per heavy atom. The highest BCUT2D eigenvalue weighted by molar-refractivity contribution is 5.37. The first-order valence-corrected chi connectivity index (χ1v) is 2.98. The van der Waals surface area contributed by atoms with E-state index in [0.29, 0.717) is 6.61 Å². The molecular formula is C6H11O3. The normalized spacial score (nSPS) is 9.00. The van der Waals surface area contributed by atoms with Gasteiger partial charge in [0.1, 0.15) is 0 Å². The number of ether oxygens (including phenoxy) is 2. The van der Waals surface area contributed by atoms with Crippen LogP contribution >= 0.6 is 0 Å². The minimum atomic E-state index is 0.0312. The van der Waals surface area contributed by atoms with Crippen LogP contribution in [0.3, 0.4) is 0 Å². The number of carbonyl (C=O) groups excluding carboxylic acids is 1. The van der Waals surface area contributed by atoms with Gasteiger partial charge in [0.2, 0.25) is 0 Å². The fourth-order valence-electron chi connectivity index (χ4n) is 0.371. The quantitative estimate of drug-likeness (QED) is 0.396. The van der Waals surface area contributed by atoms with E-state index in [1.165, 1.54) is 6.47 Å². The number of hydrogen-bond acceptors (Lipinski definition) is 3. The summed E-state index contributed by atoms with van der Waals surface area (Å²) in [4.78, 5) is 9.41. The van der Waals surface area contributed by atoms with Crippen molar-refractivity contribution in [3.63, 3.8) is 0 Å². The fraction of sp³-hybridized carbons (Fsp3) is 0.833. The van der Waals surface area contributed by atoms with Crippen LogP contribution in [-0.4, -0.2) is 19.9 Å². The Morgan fingerprint density at radius 1 is 1.56 bits per heavy atom. The van der Waals surface area contributed by atoms with Crippen molar-refractivity contribution in [1.82, 2.24) is 0 Å². The SMILES string of the molecule is CCCCOCO[C]=O. The van der Waals surface area contributed by atoms with Crippen LogP contribution in [-0.2, 0) is 14.3 Å². The summed E-state index contributed by atoms with van der Waals surface area (Å²) in [5.41, 5.74) is 0. The van der Waals surface area contributed by atoms with E-state index in [4.69, 9.17) is 4.74 Å². The maximum Gasteiger partial charge on any atom is 0.419 e. The zero-order valence-electron chi connectivity index (χ0n) is 5.55. The van der Waals surface area contributed by atoms with Gasteiger partial charge >= 0.3 is 6.47 Å². The van der Waals surface area contributed by atoms with Gasteiger partial charge < -0.3 is 9.47 Å². The third-order valence-electron chi connectivity index (χ3n) is 0.843. The highest BCUT2D eigenvalue weighted by Crippen LogP contribution is 1.86. The molecule has 0 N–H and O–H groups in total. The van der Waals surface area contributed by atoms with Crippen LogP contribution in [0, 0.1) is 0 Å². The molecule has 0 aromatic carbocycles. The first-order valence-electron chi connectivity index (χ1n) is 2.98. The van der Waals surface area contributed by atoms with Crippen LogP contribution in [0.25, 0.3) is 0 Å². The Balaban J connectivity index is 2.66. The first kappa shape index (κ1) is 8.43. The summed E-state index contributed by atoms with van der Waals surface area (Å²) in [6.07, 6.45) is 2.09. The lowest BCUT2D eigenvalue weighted by Crippen LogP contribution is -1.99. The fourth-order valence-corrected chi connectivity index (χ4v) is 0.371. The summed E-state index contributed by atoms with van der Waals surface area (Å²) in [6, 6.07) is 0. The predicted octanol–water partition coefficient (Wildman–Crippen LogP) is 0.844. The third kappa shape index (κ3) is 7.43. The molecule has 0 heterocycles. The zero-order valence-corrected chi connectivity index (χ0v) is 5.55. The number of unbranched alkanes of at least 4 members (excludes halogenated alkanes) is 1. The van der Waals surface area contributed by atoms with Gasteiger partial charge in [-0.15, -0.1) is 0 Å². The summed E-state index contributed by atoms with van der Waals surface area (Å²) in [7, 11) is 0. The van der Waals surface area contributed by atoms with Crippen LogP contribution in [0.15, 0.2) is 0 Å². The molecule has 0 aliphatic carbocycles. The van der Waals surface area contributed by atoms with Crippen LogP contribution in [0.4, 0.5) is 0 Å². The molecule has 9 heavy (non-hydrogen) atoms. The molecule has 0 bridgehead atoms. The van der Waals surface area contributed by atoms with Gasteiger partial charge in [0.05, 0.1) is 6.61 Å². The molecule has 0 saturated heterocycles. The average Bonchev–Trinajstić information content (AvgIpc) is 1.89. The Labute approximate surface area is 55.0 Å². The van der Waals surface area contributed by atoms with E-state index in [2.05, 4.69) is 11.7 Å². The minimum absolute atomic E-state index is 0.0312. The lowest BCUT2D eigenvalue weighted by molar-refractivity contribution is 0.00481. The lowest BCUT2D eigenvalue weighted by atomic mass is 10.4. The standard InChI is InChI=1S/C6H11O3/c1-2-3-4-8-6-9-5-7/h2-4,6H2,1H3. The largest absolute Gasteiger partial charge is 0.430 e. The molecule has 0 aromatic heterocycles. The second kappa shape index (κ2) is 7.43. The van der Waals surface area contributed by atoms with E-state index >= 15 is 0 Å². The third-order valence-corrected chi connectivity index (χ3v) is 0.843. The van der Waals surface area contributed by atoms with Gasteiger partial charge in [-0.2, -0.15) is 0 Å². The van der Waals surface area contributed by atoms with E-state index in [9.17, 15) is 4.79 Å². The summed E-state index contributed by atoms with van der Waals surface area (Å²) < 4.78 is 8.98. The monoisotopic (exact) mass is 131 g/mol. The van der Waals surface area contributed by atoms with Crippen LogP contribution in [0.1, 0.15) is 19.8 Å². The molecule has 3 nitrogen and oxygen atoms in total. The van der Waals surface area contributed by atoms with Crippen molar-refractivity contribution < 1.29 is 14.3 Å². The molecule has 1 radical (unpaired) electrons. The van der Waals surface area contributed by atoms with Crippen molar-refractivity contribution >= 4 is 6.47 Å². The molecule has 0 atom stereocenters. The average molecular weight is 131 g/mol. The van der Waals surface area contributed by atoms with E-state index in [1.807, 2.05) is 0 Å². The van der Waals surface area contributed by atoms with Crippen molar-refractivity contribution in [1.29, 1.82) is 0 Å². The van der Waals surface area contributed by atoms with E-state index < -0.39 is 0 Å². The maximum atomic E-state index is 9.41. The predicted molar refractivity (Wildman–Crippen MR) is 32.5 cm³/mol. The molecule has 0 spiro atoms.